The molecule has 0 spiro atoms. The summed E-state index contributed by atoms with van der Waals surface area (Å²) in [6.45, 7) is 0.163. The smallest absolute Gasteiger partial charge is 0.119 e. The van der Waals surface area contributed by atoms with E-state index in [0.29, 0.717) is 4.48 Å². The van der Waals surface area contributed by atoms with Crippen molar-refractivity contribution in [3.8, 4) is 0 Å². The fraction of sp³-hybridized carbons (Fsp3) is 0.600. The Hall–Kier alpha value is -0.0600. The quantitative estimate of drug-likeness (QED) is 0.570. The average molecular weight is 195 g/mol. The van der Waals surface area contributed by atoms with E-state index in [1.165, 1.54) is 6.26 Å². The van der Waals surface area contributed by atoms with Gasteiger partial charge in [-0.05, 0) is 15.9 Å². The second-order valence-electron chi connectivity index (χ2n) is 1.85. The minimum atomic E-state index is -0.821. The van der Waals surface area contributed by atoms with Crippen molar-refractivity contribution in [3.05, 3.63) is 10.7 Å². The summed E-state index contributed by atoms with van der Waals surface area (Å²) in [4.78, 5) is 0. The first-order chi connectivity index (χ1) is 4.22. The van der Waals surface area contributed by atoms with Gasteiger partial charge in [0.1, 0.15) is 18.8 Å². The Morgan fingerprint density at radius 1 is 1.67 bits per heavy atom. The number of rotatable bonds is 0. The van der Waals surface area contributed by atoms with E-state index in [-0.39, 0.29) is 6.61 Å². The van der Waals surface area contributed by atoms with Crippen LogP contribution in [0.4, 0.5) is 0 Å². The number of hydrogen-bond donors (Lipinski definition) is 2. The largest absolute Gasteiger partial charge is 0.497 e. The van der Waals surface area contributed by atoms with Crippen molar-refractivity contribution in [3.63, 3.8) is 0 Å². The monoisotopic (exact) mass is 194 g/mol. The van der Waals surface area contributed by atoms with E-state index in [1.54, 1.807) is 0 Å². The van der Waals surface area contributed by atoms with Crippen molar-refractivity contribution in [2.45, 2.75) is 12.2 Å². The van der Waals surface area contributed by atoms with Crippen molar-refractivity contribution in [2.75, 3.05) is 6.61 Å². The van der Waals surface area contributed by atoms with E-state index in [9.17, 15) is 0 Å². The maximum atomic E-state index is 9.00. The highest BCUT2D eigenvalue weighted by Crippen LogP contribution is 2.18. The highest BCUT2D eigenvalue weighted by atomic mass is 79.9. The van der Waals surface area contributed by atoms with Crippen LogP contribution >= 0.6 is 15.9 Å². The Kier molecular flexibility index (Phi) is 2.10. The highest BCUT2D eigenvalue weighted by molar-refractivity contribution is 9.11. The molecule has 0 bridgehead atoms. The molecule has 52 valence electrons. The maximum absolute atomic E-state index is 9.00. The van der Waals surface area contributed by atoms with E-state index >= 15 is 0 Å². The molecule has 0 aromatic carbocycles. The first-order valence-electron chi connectivity index (χ1n) is 2.55. The van der Waals surface area contributed by atoms with Crippen LogP contribution in [0.25, 0.3) is 0 Å². The van der Waals surface area contributed by atoms with Gasteiger partial charge in [-0.1, -0.05) is 0 Å². The summed E-state index contributed by atoms with van der Waals surface area (Å²) in [5.41, 5.74) is 0. The van der Waals surface area contributed by atoms with E-state index in [2.05, 4.69) is 15.9 Å². The Balaban J connectivity index is 2.62. The molecular weight excluding hydrogens is 188 g/mol. The molecular formula is C5H7BrO3. The van der Waals surface area contributed by atoms with Crippen molar-refractivity contribution in [1.82, 2.24) is 0 Å². The lowest BCUT2D eigenvalue weighted by atomic mass is 10.2. The van der Waals surface area contributed by atoms with Crippen molar-refractivity contribution in [2.24, 2.45) is 0 Å². The van der Waals surface area contributed by atoms with Crippen molar-refractivity contribution >= 4 is 15.9 Å². The van der Waals surface area contributed by atoms with Gasteiger partial charge in [0, 0.05) is 0 Å². The van der Waals surface area contributed by atoms with Gasteiger partial charge in [0.15, 0.2) is 0 Å². The Morgan fingerprint density at radius 2 is 2.33 bits per heavy atom. The second-order valence-corrected chi connectivity index (χ2v) is 2.76. The standard InChI is InChI=1S/C5H7BrO3/c6-3-1-9-2-4(7)5(3)8/h1,4-5,7-8H,2H2/t4-,5+/m1/s1. The Labute approximate surface area is 61.1 Å². The molecule has 1 heterocycles. The van der Waals surface area contributed by atoms with Gasteiger partial charge in [0.2, 0.25) is 0 Å². The molecule has 2 atom stereocenters. The van der Waals surface area contributed by atoms with Gasteiger partial charge in [-0.25, -0.2) is 0 Å². The molecule has 1 aliphatic rings. The molecule has 2 N–H and O–H groups in total. The molecule has 4 heteroatoms. The van der Waals surface area contributed by atoms with Gasteiger partial charge in [-0.3, -0.25) is 0 Å². The predicted octanol–water partition coefficient (Wildman–Crippen LogP) is -0.0253. The zero-order chi connectivity index (χ0) is 6.85. The summed E-state index contributed by atoms with van der Waals surface area (Å²) in [6, 6.07) is 0. The molecule has 0 aliphatic carbocycles. The molecule has 1 rings (SSSR count). The number of ether oxygens (including phenoxy) is 1. The summed E-state index contributed by atoms with van der Waals surface area (Å²) in [7, 11) is 0. The van der Waals surface area contributed by atoms with Crippen molar-refractivity contribution < 1.29 is 14.9 Å². The molecule has 0 unspecified atom stereocenters. The molecule has 0 radical (unpaired) electrons. The third-order valence-corrected chi connectivity index (χ3v) is 1.77. The van der Waals surface area contributed by atoms with Crippen LogP contribution in [0, 0.1) is 0 Å². The van der Waals surface area contributed by atoms with Gasteiger partial charge in [0.05, 0.1) is 10.7 Å². The predicted molar refractivity (Wildman–Crippen MR) is 35.0 cm³/mol. The van der Waals surface area contributed by atoms with Gasteiger partial charge in [0.25, 0.3) is 0 Å². The minimum absolute atomic E-state index is 0.163. The number of aliphatic hydroxyl groups excluding tert-OH is 2. The van der Waals surface area contributed by atoms with Crippen LogP contribution in [0.1, 0.15) is 0 Å². The lowest BCUT2D eigenvalue weighted by Gasteiger charge is -2.21. The minimum Gasteiger partial charge on any atom is -0.497 e. The van der Waals surface area contributed by atoms with Gasteiger partial charge >= 0.3 is 0 Å². The van der Waals surface area contributed by atoms with Crippen LogP contribution in [0.15, 0.2) is 10.7 Å². The van der Waals surface area contributed by atoms with Gasteiger partial charge < -0.3 is 14.9 Å². The Bertz CT molecular complexity index is 134. The maximum Gasteiger partial charge on any atom is 0.119 e. The normalized spacial score (nSPS) is 35.2. The lowest BCUT2D eigenvalue weighted by molar-refractivity contribution is -0.0127. The molecule has 0 fully saturated rings. The van der Waals surface area contributed by atoms with Crippen LogP contribution in [-0.2, 0) is 4.74 Å². The number of halogens is 1. The second kappa shape index (κ2) is 2.68. The summed E-state index contributed by atoms with van der Waals surface area (Å²) < 4.78 is 5.23. The van der Waals surface area contributed by atoms with Crippen LogP contribution in [-0.4, -0.2) is 29.0 Å². The molecule has 3 nitrogen and oxygen atoms in total. The van der Waals surface area contributed by atoms with Crippen LogP contribution in [0.3, 0.4) is 0 Å². The molecule has 1 aliphatic heterocycles. The molecule has 0 saturated carbocycles. The Morgan fingerprint density at radius 3 is 2.78 bits per heavy atom. The zero-order valence-corrected chi connectivity index (χ0v) is 6.21. The molecule has 0 aromatic heterocycles. The van der Waals surface area contributed by atoms with Gasteiger partial charge in [-0.15, -0.1) is 0 Å². The summed E-state index contributed by atoms with van der Waals surface area (Å²) in [5, 5.41) is 17.9. The zero-order valence-electron chi connectivity index (χ0n) is 4.62. The van der Waals surface area contributed by atoms with Gasteiger partial charge in [-0.2, -0.15) is 0 Å². The highest BCUT2D eigenvalue weighted by Gasteiger charge is 2.23. The molecule has 0 saturated heterocycles. The topological polar surface area (TPSA) is 49.7 Å². The number of aliphatic hydroxyl groups is 2. The van der Waals surface area contributed by atoms with Crippen molar-refractivity contribution in [1.29, 1.82) is 0 Å². The fourth-order valence-electron chi connectivity index (χ4n) is 0.571. The summed E-state index contributed by atoms with van der Waals surface area (Å²) in [5.74, 6) is 0. The van der Waals surface area contributed by atoms with E-state index in [1.807, 2.05) is 0 Å². The molecule has 0 amide bonds. The first-order valence-corrected chi connectivity index (χ1v) is 3.34. The fourth-order valence-corrected chi connectivity index (χ4v) is 1.01. The summed E-state index contributed by atoms with van der Waals surface area (Å²) in [6.07, 6.45) is -0.236. The van der Waals surface area contributed by atoms with E-state index < -0.39 is 12.2 Å². The molecule has 0 aromatic rings. The SMILES string of the molecule is O[C@@H]1COC=C(Br)[C@@H]1O. The van der Waals surface area contributed by atoms with Crippen LogP contribution in [0.2, 0.25) is 0 Å². The van der Waals surface area contributed by atoms with E-state index in [0.717, 1.165) is 0 Å². The van der Waals surface area contributed by atoms with E-state index in [4.69, 9.17) is 14.9 Å². The summed E-state index contributed by atoms with van der Waals surface area (Å²) >= 11 is 3.02. The average Bonchev–Trinajstić information content (AvgIpc) is 1.83. The molecule has 9 heavy (non-hydrogen) atoms. The third kappa shape index (κ3) is 1.44. The number of hydrogen-bond acceptors (Lipinski definition) is 3. The van der Waals surface area contributed by atoms with Crippen LogP contribution < -0.4 is 0 Å². The lowest BCUT2D eigenvalue weighted by Crippen LogP contribution is -2.33. The third-order valence-electron chi connectivity index (χ3n) is 1.11. The van der Waals surface area contributed by atoms with Crippen LogP contribution in [0.5, 0.6) is 0 Å². The first kappa shape index (κ1) is 7.05.